The number of carbonyl (C=O) groups excluding carboxylic acids is 2. The fourth-order valence-corrected chi connectivity index (χ4v) is 2.03. The van der Waals surface area contributed by atoms with Crippen LogP contribution in [0.5, 0.6) is 0 Å². The van der Waals surface area contributed by atoms with Crippen molar-refractivity contribution >= 4 is 11.8 Å². The van der Waals surface area contributed by atoms with Crippen molar-refractivity contribution < 1.29 is 18.4 Å². The van der Waals surface area contributed by atoms with Crippen molar-refractivity contribution in [3.63, 3.8) is 0 Å². The summed E-state index contributed by atoms with van der Waals surface area (Å²) in [6.07, 6.45) is 2.86. The summed E-state index contributed by atoms with van der Waals surface area (Å²) in [7, 11) is 0. The summed E-state index contributed by atoms with van der Waals surface area (Å²) in [4.78, 5) is 24.0. The molecule has 2 N–H and O–H groups in total. The molecule has 0 bridgehead atoms. The predicted molar refractivity (Wildman–Crippen MR) is 85.3 cm³/mol. The van der Waals surface area contributed by atoms with Gasteiger partial charge in [0.25, 0.3) is 11.8 Å². The van der Waals surface area contributed by atoms with Gasteiger partial charge < -0.3 is 19.5 Å². The van der Waals surface area contributed by atoms with Crippen LogP contribution in [0.2, 0.25) is 0 Å². The van der Waals surface area contributed by atoms with E-state index in [1.807, 2.05) is 13.8 Å². The molecule has 0 aliphatic carbocycles. The largest absolute Gasteiger partial charge is 0.469 e. The van der Waals surface area contributed by atoms with Crippen LogP contribution in [0.3, 0.4) is 0 Å². The molecule has 6 heteroatoms. The van der Waals surface area contributed by atoms with Gasteiger partial charge in [0.1, 0.15) is 24.0 Å². The smallest absolute Gasteiger partial charge is 0.254 e. The molecule has 124 valence electrons. The SMILES string of the molecule is Cc1cc(C(=O)NCC(C)(C)CNC(=O)c2coc(C)c2)co1. The van der Waals surface area contributed by atoms with E-state index in [2.05, 4.69) is 10.6 Å². The van der Waals surface area contributed by atoms with E-state index < -0.39 is 0 Å². The Bertz CT molecular complexity index is 639. The van der Waals surface area contributed by atoms with Crippen LogP contribution < -0.4 is 10.6 Å². The Kier molecular flexibility index (Phi) is 4.93. The van der Waals surface area contributed by atoms with Gasteiger partial charge in [-0.1, -0.05) is 13.8 Å². The molecule has 0 unspecified atom stereocenters. The average Bonchev–Trinajstić information content (AvgIpc) is 3.11. The van der Waals surface area contributed by atoms with Crippen LogP contribution in [0, 0.1) is 19.3 Å². The Morgan fingerprint density at radius 1 is 0.913 bits per heavy atom. The van der Waals surface area contributed by atoms with E-state index in [-0.39, 0.29) is 17.2 Å². The Labute approximate surface area is 135 Å². The highest BCUT2D eigenvalue weighted by molar-refractivity contribution is 5.94. The third-order valence-corrected chi connectivity index (χ3v) is 3.44. The van der Waals surface area contributed by atoms with Gasteiger partial charge >= 0.3 is 0 Å². The number of amides is 2. The lowest BCUT2D eigenvalue weighted by atomic mass is 9.93. The van der Waals surface area contributed by atoms with Gasteiger partial charge in [-0.05, 0) is 31.4 Å². The zero-order valence-electron chi connectivity index (χ0n) is 13.9. The molecule has 0 saturated heterocycles. The molecule has 2 amide bonds. The molecule has 0 saturated carbocycles. The van der Waals surface area contributed by atoms with Crippen LogP contribution in [-0.2, 0) is 0 Å². The first kappa shape index (κ1) is 16.9. The van der Waals surface area contributed by atoms with Crippen molar-refractivity contribution in [1.82, 2.24) is 10.6 Å². The maximum atomic E-state index is 12.0. The van der Waals surface area contributed by atoms with E-state index in [4.69, 9.17) is 8.83 Å². The van der Waals surface area contributed by atoms with Gasteiger partial charge in [0.15, 0.2) is 0 Å². The van der Waals surface area contributed by atoms with Gasteiger partial charge in [0, 0.05) is 13.1 Å². The van der Waals surface area contributed by atoms with E-state index in [9.17, 15) is 9.59 Å². The zero-order chi connectivity index (χ0) is 17.0. The van der Waals surface area contributed by atoms with E-state index >= 15 is 0 Å². The second-order valence-electron chi connectivity index (χ2n) is 6.42. The molecule has 2 aromatic rings. The fourth-order valence-electron chi connectivity index (χ4n) is 2.03. The van der Waals surface area contributed by atoms with Crippen molar-refractivity contribution in [2.24, 2.45) is 5.41 Å². The minimum absolute atomic E-state index is 0.188. The lowest BCUT2D eigenvalue weighted by Gasteiger charge is -2.25. The highest BCUT2D eigenvalue weighted by Gasteiger charge is 2.21. The average molecular weight is 318 g/mol. The summed E-state index contributed by atoms with van der Waals surface area (Å²) in [5.41, 5.74) is 0.704. The molecular weight excluding hydrogens is 296 g/mol. The second-order valence-corrected chi connectivity index (χ2v) is 6.42. The van der Waals surface area contributed by atoms with Crippen LogP contribution in [0.4, 0.5) is 0 Å². The molecule has 2 rings (SSSR count). The van der Waals surface area contributed by atoms with Gasteiger partial charge in [0.2, 0.25) is 0 Å². The van der Waals surface area contributed by atoms with Gasteiger partial charge in [-0.2, -0.15) is 0 Å². The molecule has 0 atom stereocenters. The molecule has 0 aliphatic rings. The highest BCUT2D eigenvalue weighted by atomic mass is 16.3. The maximum absolute atomic E-state index is 12.0. The van der Waals surface area contributed by atoms with Crippen molar-refractivity contribution in [2.75, 3.05) is 13.1 Å². The van der Waals surface area contributed by atoms with Crippen LogP contribution >= 0.6 is 0 Å². The van der Waals surface area contributed by atoms with E-state index in [0.717, 1.165) is 0 Å². The van der Waals surface area contributed by atoms with E-state index in [1.54, 1.807) is 26.0 Å². The number of nitrogens with one attached hydrogen (secondary N) is 2. The van der Waals surface area contributed by atoms with Crippen molar-refractivity contribution in [1.29, 1.82) is 0 Å². The minimum Gasteiger partial charge on any atom is -0.469 e. The van der Waals surface area contributed by atoms with Crippen LogP contribution in [0.25, 0.3) is 0 Å². The lowest BCUT2D eigenvalue weighted by Crippen LogP contribution is -2.41. The molecule has 0 radical (unpaired) electrons. The molecule has 0 fully saturated rings. The Morgan fingerprint density at radius 2 is 1.30 bits per heavy atom. The number of hydrogen-bond donors (Lipinski definition) is 2. The zero-order valence-corrected chi connectivity index (χ0v) is 13.9. The van der Waals surface area contributed by atoms with Gasteiger partial charge in [-0.3, -0.25) is 9.59 Å². The maximum Gasteiger partial charge on any atom is 0.254 e. The van der Waals surface area contributed by atoms with Crippen LogP contribution in [0.1, 0.15) is 46.1 Å². The van der Waals surface area contributed by atoms with Crippen LogP contribution in [-0.4, -0.2) is 24.9 Å². The molecule has 0 aromatic carbocycles. The topological polar surface area (TPSA) is 84.5 Å². The van der Waals surface area contributed by atoms with Crippen molar-refractivity contribution in [3.8, 4) is 0 Å². The van der Waals surface area contributed by atoms with Crippen molar-refractivity contribution in [3.05, 3.63) is 47.3 Å². The highest BCUT2D eigenvalue weighted by Crippen LogP contribution is 2.14. The molecule has 0 spiro atoms. The summed E-state index contributed by atoms with van der Waals surface area (Å²) in [6, 6.07) is 3.37. The standard InChI is InChI=1S/C17H22N2O4/c1-11-5-13(7-22-11)15(20)18-9-17(3,4)10-19-16(21)14-6-12(2)23-8-14/h5-8H,9-10H2,1-4H3,(H,18,20)(H,19,21). The number of furan rings is 2. The molecule has 6 nitrogen and oxygen atoms in total. The third kappa shape index (κ3) is 4.74. The molecular formula is C17H22N2O4. The van der Waals surface area contributed by atoms with Gasteiger partial charge in [-0.15, -0.1) is 0 Å². The molecule has 23 heavy (non-hydrogen) atoms. The summed E-state index contributed by atoms with van der Waals surface area (Å²) >= 11 is 0. The summed E-state index contributed by atoms with van der Waals surface area (Å²) in [5, 5.41) is 5.70. The Balaban J connectivity index is 1.82. The molecule has 2 aromatic heterocycles. The first-order valence-corrected chi connectivity index (χ1v) is 7.43. The predicted octanol–water partition coefficient (Wildman–Crippen LogP) is 2.68. The first-order chi connectivity index (χ1) is 10.8. The Hall–Kier alpha value is -2.50. The number of carbonyl (C=O) groups is 2. The van der Waals surface area contributed by atoms with Crippen LogP contribution in [0.15, 0.2) is 33.5 Å². The van der Waals surface area contributed by atoms with Gasteiger partial charge in [-0.25, -0.2) is 0 Å². The van der Waals surface area contributed by atoms with E-state index in [0.29, 0.717) is 35.7 Å². The quantitative estimate of drug-likeness (QED) is 0.857. The summed E-state index contributed by atoms with van der Waals surface area (Å²) in [5.74, 6) is 1.01. The minimum atomic E-state index is -0.289. The number of aryl methyl sites for hydroxylation is 2. The monoisotopic (exact) mass is 318 g/mol. The van der Waals surface area contributed by atoms with E-state index in [1.165, 1.54) is 12.5 Å². The number of rotatable bonds is 6. The van der Waals surface area contributed by atoms with Gasteiger partial charge in [0.05, 0.1) is 11.1 Å². The fraction of sp³-hybridized carbons (Fsp3) is 0.412. The summed E-state index contributed by atoms with van der Waals surface area (Å²) < 4.78 is 10.2. The number of hydrogen-bond acceptors (Lipinski definition) is 4. The Morgan fingerprint density at radius 3 is 1.61 bits per heavy atom. The summed E-state index contributed by atoms with van der Waals surface area (Å²) in [6.45, 7) is 8.37. The first-order valence-electron chi connectivity index (χ1n) is 7.43. The second kappa shape index (κ2) is 6.73. The lowest BCUT2D eigenvalue weighted by molar-refractivity contribution is 0.0919. The normalized spacial score (nSPS) is 11.3. The molecule has 0 aliphatic heterocycles. The third-order valence-electron chi connectivity index (χ3n) is 3.44. The molecule has 2 heterocycles. The van der Waals surface area contributed by atoms with Crippen molar-refractivity contribution in [2.45, 2.75) is 27.7 Å².